The molecule has 0 aliphatic heterocycles. The fourth-order valence-electron chi connectivity index (χ4n) is 2.11. The molecule has 1 aromatic carbocycles. The van der Waals surface area contributed by atoms with Gasteiger partial charge in [0, 0.05) is 0 Å². The van der Waals surface area contributed by atoms with Crippen molar-refractivity contribution in [2.45, 2.75) is 25.6 Å². The van der Waals surface area contributed by atoms with Crippen LogP contribution in [0, 0.1) is 11.7 Å². The number of ether oxygens (including phenoxy) is 1. The Kier molecular flexibility index (Phi) is 4.37. The summed E-state index contributed by atoms with van der Waals surface area (Å²) in [6, 6.07) is 4.72. The van der Waals surface area contributed by atoms with E-state index in [0.717, 1.165) is 30.9 Å². The highest BCUT2D eigenvalue weighted by Gasteiger charge is 2.28. The van der Waals surface area contributed by atoms with E-state index in [1.54, 1.807) is 12.1 Å². The normalized spacial score (nSPS) is 23.5. The van der Waals surface area contributed by atoms with E-state index in [1.807, 2.05) is 7.05 Å². The molecule has 0 atom stereocenters. The molecule has 0 radical (unpaired) electrons. The summed E-state index contributed by atoms with van der Waals surface area (Å²) in [5.41, 5.74) is 0.925. The predicted octanol–water partition coefficient (Wildman–Crippen LogP) is 2.99. The third-order valence-electron chi connectivity index (χ3n) is 3.15. The van der Waals surface area contributed by atoms with Gasteiger partial charge in [-0.2, -0.15) is 0 Å². The molecule has 4 heteroatoms. The Bertz CT molecular complexity index is 380. The lowest BCUT2D eigenvalue weighted by molar-refractivity contribution is -0.0391. The van der Waals surface area contributed by atoms with Crippen LogP contribution in [-0.4, -0.2) is 19.7 Å². The van der Waals surface area contributed by atoms with Crippen LogP contribution in [0.2, 0.25) is 5.02 Å². The first-order valence-corrected chi connectivity index (χ1v) is 6.27. The van der Waals surface area contributed by atoms with Gasteiger partial charge in [0.2, 0.25) is 0 Å². The molecule has 0 spiro atoms. The van der Waals surface area contributed by atoms with Gasteiger partial charge in [-0.15, -0.1) is 0 Å². The molecule has 1 aromatic rings. The molecule has 2 rings (SSSR count). The lowest BCUT2D eigenvalue weighted by Gasteiger charge is -2.35. The largest absolute Gasteiger partial charge is 0.374 e. The molecule has 2 nitrogen and oxygen atoms in total. The Labute approximate surface area is 106 Å². The van der Waals surface area contributed by atoms with Crippen molar-refractivity contribution in [3.8, 4) is 0 Å². The first-order chi connectivity index (χ1) is 8.19. The molecule has 0 unspecified atom stereocenters. The smallest absolute Gasteiger partial charge is 0.141 e. The van der Waals surface area contributed by atoms with Gasteiger partial charge in [-0.3, -0.25) is 0 Å². The minimum absolute atomic E-state index is 0.160. The molecule has 0 saturated heterocycles. The van der Waals surface area contributed by atoms with Gasteiger partial charge in [0.05, 0.1) is 17.7 Å². The quantitative estimate of drug-likeness (QED) is 0.876. The number of halogens is 2. The summed E-state index contributed by atoms with van der Waals surface area (Å²) in [6.07, 6.45) is 2.56. The lowest BCUT2D eigenvalue weighted by atomic mass is 9.82. The maximum absolute atomic E-state index is 12.9. The topological polar surface area (TPSA) is 21.3 Å². The molecular weight excluding hydrogens is 241 g/mol. The number of hydrogen-bond acceptors (Lipinski definition) is 2. The zero-order valence-electron chi connectivity index (χ0n) is 9.88. The maximum atomic E-state index is 12.9. The van der Waals surface area contributed by atoms with Crippen molar-refractivity contribution in [2.24, 2.45) is 5.92 Å². The summed E-state index contributed by atoms with van der Waals surface area (Å²) in [4.78, 5) is 0. The van der Waals surface area contributed by atoms with Crippen molar-refractivity contribution in [3.05, 3.63) is 34.6 Å². The monoisotopic (exact) mass is 257 g/mol. The Morgan fingerprint density at radius 1 is 1.47 bits per heavy atom. The Morgan fingerprint density at radius 3 is 2.88 bits per heavy atom. The molecule has 94 valence electrons. The highest BCUT2D eigenvalue weighted by molar-refractivity contribution is 6.30. The highest BCUT2D eigenvalue weighted by Crippen LogP contribution is 2.30. The van der Waals surface area contributed by atoms with E-state index < -0.39 is 0 Å². The van der Waals surface area contributed by atoms with Crippen LogP contribution >= 0.6 is 11.6 Å². The summed E-state index contributed by atoms with van der Waals surface area (Å²) in [6.45, 7) is 1.57. The molecule has 0 amide bonds. The zero-order valence-corrected chi connectivity index (χ0v) is 10.6. The van der Waals surface area contributed by atoms with Crippen LogP contribution in [0.1, 0.15) is 18.4 Å². The Morgan fingerprint density at radius 2 is 2.24 bits per heavy atom. The minimum atomic E-state index is -0.381. The molecule has 1 N–H and O–H groups in total. The minimum Gasteiger partial charge on any atom is -0.374 e. The van der Waals surface area contributed by atoms with E-state index in [2.05, 4.69) is 5.32 Å². The summed E-state index contributed by atoms with van der Waals surface area (Å²) in [5.74, 6) is 0.356. The second-order valence-corrected chi connectivity index (χ2v) is 4.98. The van der Waals surface area contributed by atoms with Gasteiger partial charge >= 0.3 is 0 Å². The van der Waals surface area contributed by atoms with Gasteiger partial charge < -0.3 is 10.1 Å². The SMILES string of the molecule is CNCC1CC(OCc2ccc(F)c(Cl)c2)C1. The van der Waals surface area contributed by atoms with Crippen LogP contribution in [0.5, 0.6) is 0 Å². The van der Waals surface area contributed by atoms with Crippen LogP contribution in [0.4, 0.5) is 4.39 Å². The van der Waals surface area contributed by atoms with Gasteiger partial charge in [-0.1, -0.05) is 17.7 Å². The van der Waals surface area contributed by atoms with E-state index in [9.17, 15) is 4.39 Å². The van der Waals surface area contributed by atoms with E-state index in [4.69, 9.17) is 16.3 Å². The summed E-state index contributed by atoms with van der Waals surface area (Å²) in [5, 5.41) is 3.32. The zero-order chi connectivity index (χ0) is 12.3. The predicted molar refractivity (Wildman–Crippen MR) is 66.6 cm³/mol. The standard InChI is InChI=1S/C13H17ClFNO/c1-16-7-10-4-11(5-10)17-8-9-2-3-13(15)12(14)6-9/h2-3,6,10-11,16H,4-5,7-8H2,1H3. The van der Waals surface area contributed by atoms with Gasteiger partial charge in [-0.25, -0.2) is 4.39 Å². The summed E-state index contributed by atoms with van der Waals surface area (Å²) < 4.78 is 18.7. The molecule has 1 aliphatic rings. The second kappa shape index (κ2) is 5.80. The second-order valence-electron chi connectivity index (χ2n) is 4.58. The summed E-state index contributed by atoms with van der Waals surface area (Å²) >= 11 is 5.70. The summed E-state index contributed by atoms with van der Waals surface area (Å²) in [7, 11) is 1.97. The van der Waals surface area contributed by atoms with Gasteiger partial charge in [0.25, 0.3) is 0 Å². The first-order valence-electron chi connectivity index (χ1n) is 5.89. The van der Waals surface area contributed by atoms with Crippen molar-refractivity contribution in [2.75, 3.05) is 13.6 Å². The van der Waals surface area contributed by atoms with Crippen LogP contribution < -0.4 is 5.32 Å². The maximum Gasteiger partial charge on any atom is 0.141 e. The molecule has 1 fully saturated rings. The Hall–Kier alpha value is -0.640. The highest BCUT2D eigenvalue weighted by atomic mass is 35.5. The third kappa shape index (κ3) is 3.41. The fraction of sp³-hybridized carbons (Fsp3) is 0.538. The average Bonchev–Trinajstić information content (AvgIpc) is 2.26. The first kappa shape index (κ1) is 12.8. The lowest BCUT2D eigenvalue weighted by Crippen LogP contribution is -2.36. The van der Waals surface area contributed by atoms with E-state index in [1.165, 1.54) is 6.07 Å². The van der Waals surface area contributed by atoms with Crippen molar-refractivity contribution in [3.63, 3.8) is 0 Å². The van der Waals surface area contributed by atoms with E-state index >= 15 is 0 Å². The van der Waals surface area contributed by atoms with E-state index in [0.29, 0.717) is 12.7 Å². The molecule has 0 aromatic heterocycles. The van der Waals surface area contributed by atoms with Crippen LogP contribution in [0.3, 0.4) is 0 Å². The number of nitrogens with one attached hydrogen (secondary N) is 1. The van der Waals surface area contributed by atoms with Crippen LogP contribution in [0.15, 0.2) is 18.2 Å². The average molecular weight is 258 g/mol. The van der Waals surface area contributed by atoms with Gasteiger partial charge in [-0.05, 0) is 50.0 Å². The van der Waals surface area contributed by atoms with E-state index in [-0.39, 0.29) is 10.8 Å². The molecule has 0 bridgehead atoms. The fourth-order valence-corrected chi connectivity index (χ4v) is 2.31. The van der Waals surface area contributed by atoms with Crippen molar-refractivity contribution >= 4 is 11.6 Å². The molecule has 0 heterocycles. The molecule has 1 aliphatic carbocycles. The van der Waals surface area contributed by atoms with Crippen molar-refractivity contribution in [1.29, 1.82) is 0 Å². The molecular formula is C13H17ClFNO. The van der Waals surface area contributed by atoms with Crippen LogP contribution in [-0.2, 0) is 11.3 Å². The molecule has 17 heavy (non-hydrogen) atoms. The number of rotatable bonds is 5. The number of benzene rings is 1. The third-order valence-corrected chi connectivity index (χ3v) is 3.44. The van der Waals surface area contributed by atoms with Crippen molar-refractivity contribution < 1.29 is 9.13 Å². The van der Waals surface area contributed by atoms with Crippen molar-refractivity contribution in [1.82, 2.24) is 5.32 Å². The Balaban J connectivity index is 1.74. The van der Waals surface area contributed by atoms with Crippen LogP contribution in [0.25, 0.3) is 0 Å². The molecule has 1 saturated carbocycles. The van der Waals surface area contributed by atoms with Gasteiger partial charge in [0.15, 0.2) is 0 Å². The number of hydrogen-bond donors (Lipinski definition) is 1. The van der Waals surface area contributed by atoms with Gasteiger partial charge in [0.1, 0.15) is 5.82 Å².